The van der Waals surface area contributed by atoms with E-state index in [2.05, 4.69) is 4.72 Å². The van der Waals surface area contributed by atoms with Gasteiger partial charge in [0.1, 0.15) is 0 Å². The Labute approximate surface area is 120 Å². The highest BCUT2D eigenvalue weighted by Gasteiger charge is 2.20. The second kappa shape index (κ2) is 6.71. The molecule has 7 heteroatoms. The lowest BCUT2D eigenvalue weighted by atomic mass is 10.1. The van der Waals surface area contributed by atoms with Crippen molar-refractivity contribution in [3.8, 4) is 0 Å². The Morgan fingerprint density at radius 1 is 1.35 bits per heavy atom. The van der Waals surface area contributed by atoms with E-state index in [9.17, 15) is 13.2 Å². The van der Waals surface area contributed by atoms with Crippen LogP contribution in [0.3, 0.4) is 0 Å². The number of hydrogen-bond donors (Lipinski definition) is 2. The van der Waals surface area contributed by atoms with Crippen molar-refractivity contribution in [1.82, 2.24) is 9.62 Å². The summed E-state index contributed by atoms with van der Waals surface area (Å²) in [6.07, 6.45) is 0.569. The zero-order chi connectivity index (χ0) is 15.3. The molecule has 0 unspecified atom stereocenters. The molecular formula is C13H21N3O3S. The Kier molecular flexibility index (Phi) is 5.52. The van der Waals surface area contributed by atoms with Gasteiger partial charge in [0.15, 0.2) is 0 Å². The van der Waals surface area contributed by atoms with Gasteiger partial charge in [0, 0.05) is 19.3 Å². The highest BCUT2D eigenvalue weighted by Crippen LogP contribution is 2.19. The van der Waals surface area contributed by atoms with Crippen LogP contribution in [0.2, 0.25) is 0 Å². The molecule has 1 rings (SSSR count). The van der Waals surface area contributed by atoms with Gasteiger partial charge in [-0.1, -0.05) is 13.0 Å². The third-order valence-electron chi connectivity index (χ3n) is 3.08. The molecule has 0 heterocycles. The van der Waals surface area contributed by atoms with E-state index in [1.54, 1.807) is 19.2 Å². The number of anilines is 1. The van der Waals surface area contributed by atoms with E-state index in [-0.39, 0.29) is 17.3 Å². The predicted molar refractivity (Wildman–Crippen MR) is 78.7 cm³/mol. The fraction of sp³-hybridized carbons (Fsp3) is 0.462. The van der Waals surface area contributed by atoms with Crippen LogP contribution in [0.1, 0.15) is 19.4 Å². The van der Waals surface area contributed by atoms with Gasteiger partial charge in [-0.15, -0.1) is 0 Å². The Bertz CT molecular complexity index is 585. The zero-order valence-corrected chi connectivity index (χ0v) is 12.8. The standard InChI is InChI=1S/C13H21N3O3S/c1-4-10-6-7-11(14)8-12(10)20(18,19)15-9-13(17)16(3)5-2/h6-8,15H,4-5,9,14H2,1-3H3. The normalized spacial score (nSPS) is 11.3. The first-order valence-corrected chi connectivity index (χ1v) is 7.92. The molecule has 0 fully saturated rings. The topological polar surface area (TPSA) is 92.5 Å². The molecule has 1 aromatic rings. The van der Waals surface area contributed by atoms with Crippen LogP contribution in [0.5, 0.6) is 0 Å². The van der Waals surface area contributed by atoms with E-state index in [0.717, 1.165) is 0 Å². The molecule has 0 saturated heterocycles. The highest BCUT2D eigenvalue weighted by atomic mass is 32.2. The number of aryl methyl sites for hydroxylation is 1. The second-order valence-corrected chi connectivity index (χ2v) is 6.19. The minimum atomic E-state index is -3.74. The number of hydrogen-bond acceptors (Lipinski definition) is 4. The predicted octanol–water partition coefficient (Wildman–Crippen LogP) is 0.588. The van der Waals surface area contributed by atoms with Gasteiger partial charge in [-0.2, -0.15) is 0 Å². The van der Waals surface area contributed by atoms with Gasteiger partial charge < -0.3 is 10.6 Å². The average molecular weight is 299 g/mol. The largest absolute Gasteiger partial charge is 0.399 e. The lowest BCUT2D eigenvalue weighted by Crippen LogP contribution is -2.38. The summed E-state index contributed by atoms with van der Waals surface area (Å²) in [7, 11) is -2.12. The molecule has 0 spiro atoms. The fourth-order valence-corrected chi connectivity index (χ4v) is 2.98. The molecule has 0 aliphatic heterocycles. The number of likely N-dealkylation sites (N-methyl/N-ethyl adjacent to an activating group) is 1. The molecule has 0 aromatic heterocycles. The van der Waals surface area contributed by atoms with Crippen molar-refractivity contribution in [1.29, 1.82) is 0 Å². The van der Waals surface area contributed by atoms with Crippen LogP contribution >= 0.6 is 0 Å². The smallest absolute Gasteiger partial charge is 0.241 e. The van der Waals surface area contributed by atoms with Gasteiger partial charge in [-0.3, -0.25) is 4.79 Å². The molecule has 1 aromatic carbocycles. The van der Waals surface area contributed by atoms with Crippen molar-refractivity contribution >= 4 is 21.6 Å². The van der Waals surface area contributed by atoms with Crippen molar-refractivity contribution in [2.75, 3.05) is 25.9 Å². The van der Waals surface area contributed by atoms with Crippen LogP contribution < -0.4 is 10.5 Å². The molecule has 0 radical (unpaired) electrons. The quantitative estimate of drug-likeness (QED) is 0.752. The molecule has 112 valence electrons. The van der Waals surface area contributed by atoms with Crippen molar-refractivity contribution in [3.05, 3.63) is 23.8 Å². The van der Waals surface area contributed by atoms with E-state index < -0.39 is 10.0 Å². The summed E-state index contributed by atoms with van der Waals surface area (Å²) in [5, 5.41) is 0. The number of nitrogens with one attached hydrogen (secondary N) is 1. The number of nitrogen functional groups attached to an aromatic ring is 1. The van der Waals surface area contributed by atoms with Crippen LogP contribution in [0, 0.1) is 0 Å². The minimum absolute atomic E-state index is 0.131. The number of nitrogens with zero attached hydrogens (tertiary/aromatic N) is 1. The van der Waals surface area contributed by atoms with E-state index in [1.165, 1.54) is 11.0 Å². The summed E-state index contributed by atoms with van der Waals surface area (Å²) in [6.45, 7) is 3.95. The maximum Gasteiger partial charge on any atom is 0.241 e. The third-order valence-corrected chi connectivity index (χ3v) is 4.56. The van der Waals surface area contributed by atoms with Crippen molar-refractivity contribution in [2.45, 2.75) is 25.2 Å². The van der Waals surface area contributed by atoms with Crippen molar-refractivity contribution in [2.24, 2.45) is 0 Å². The van der Waals surface area contributed by atoms with Crippen LogP contribution in [0.15, 0.2) is 23.1 Å². The molecule has 1 amide bonds. The maximum absolute atomic E-state index is 12.2. The Morgan fingerprint density at radius 2 is 2.00 bits per heavy atom. The van der Waals surface area contributed by atoms with Gasteiger partial charge in [-0.25, -0.2) is 13.1 Å². The summed E-state index contributed by atoms with van der Waals surface area (Å²) in [6, 6.07) is 4.76. The third kappa shape index (κ3) is 3.94. The number of benzene rings is 1. The monoisotopic (exact) mass is 299 g/mol. The van der Waals surface area contributed by atoms with Crippen LogP contribution in [-0.4, -0.2) is 39.4 Å². The molecule has 0 bridgehead atoms. The number of carbonyl (C=O) groups is 1. The minimum Gasteiger partial charge on any atom is -0.399 e. The average Bonchev–Trinajstić information content (AvgIpc) is 2.43. The number of amides is 1. The summed E-state index contributed by atoms with van der Waals surface area (Å²) in [5.74, 6) is -0.280. The maximum atomic E-state index is 12.2. The van der Waals surface area contributed by atoms with E-state index in [4.69, 9.17) is 5.73 Å². The molecule has 3 N–H and O–H groups in total. The first kappa shape index (κ1) is 16.5. The molecule has 6 nitrogen and oxygen atoms in total. The molecular weight excluding hydrogens is 278 g/mol. The van der Waals surface area contributed by atoms with Crippen LogP contribution in [-0.2, 0) is 21.2 Å². The van der Waals surface area contributed by atoms with Crippen LogP contribution in [0.25, 0.3) is 0 Å². The molecule has 0 aliphatic carbocycles. The van der Waals surface area contributed by atoms with Gasteiger partial charge >= 0.3 is 0 Å². The summed E-state index contributed by atoms with van der Waals surface area (Å²) in [5.41, 5.74) is 6.68. The SMILES string of the molecule is CCc1ccc(N)cc1S(=O)(=O)NCC(=O)N(C)CC. The summed E-state index contributed by atoms with van der Waals surface area (Å²) >= 11 is 0. The number of nitrogens with two attached hydrogens (primary N) is 1. The van der Waals surface area contributed by atoms with Crippen molar-refractivity contribution in [3.63, 3.8) is 0 Å². The highest BCUT2D eigenvalue weighted by molar-refractivity contribution is 7.89. The summed E-state index contributed by atoms with van der Waals surface area (Å²) in [4.78, 5) is 13.2. The van der Waals surface area contributed by atoms with Crippen molar-refractivity contribution < 1.29 is 13.2 Å². The molecule has 0 aliphatic rings. The molecule has 20 heavy (non-hydrogen) atoms. The number of carbonyl (C=O) groups excluding carboxylic acids is 1. The van der Waals surface area contributed by atoms with Gasteiger partial charge in [0.05, 0.1) is 11.4 Å². The first-order chi connectivity index (χ1) is 9.31. The Hall–Kier alpha value is -1.60. The number of sulfonamides is 1. The lowest BCUT2D eigenvalue weighted by molar-refractivity contribution is -0.128. The van der Waals surface area contributed by atoms with Gasteiger partial charge in [-0.05, 0) is 31.0 Å². The first-order valence-electron chi connectivity index (χ1n) is 6.43. The Morgan fingerprint density at radius 3 is 2.55 bits per heavy atom. The van der Waals surface area contributed by atoms with E-state index in [1.807, 2.05) is 13.8 Å². The zero-order valence-electron chi connectivity index (χ0n) is 12.0. The lowest BCUT2D eigenvalue weighted by Gasteiger charge is -2.16. The van der Waals surface area contributed by atoms with Crippen LogP contribution in [0.4, 0.5) is 5.69 Å². The van der Waals surface area contributed by atoms with Gasteiger partial charge in [0.2, 0.25) is 15.9 Å². The van der Waals surface area contributed by atoms with Gasteiger partial charge in [0.25, 0.3) is 0 Å². The molecule has 0 saturated carbocycles. The van der Waals surface area contributed by atoms with E-state index >= 15 is 0 Å². The number of rotatable bonds is 6. The Balaban J connectivity index is 2.95. The second-order valence-electron chi connectivity index (χ2n) is 4.45. The fourth-order valence-electron chi connectivity index (χ4n) is 1.66. The molecule has 0 atom stereocenters. The summed E-state index contributed by atoms with van der Waals surface area (Å²) < 4.78 is 26.8. The van der Waals surface area contributed by atoms with E-state index in [0.29, 0.717) is 24.2 Å².